The molecule has 256 valence electrons. The van der Waals surface area contributed by atoms with Crippen molar-refractivity contribution in [1.82, 2.24) is 0 Å². The summed E-state index contributed by atoms with van der Waals surface area (Å²) in [5, 5.41) is 74.7. The van der Waals surface area contributed by atoms with Crippen molar-refractivity contribution in [3.8, 4) is 68.4 Å². The van der Waals surface area contributed by atoms with Gasteiger partial charge >= 0.3 is 0 Å². The molecule has 1 aromatic heterocycles. The molecule has 0 amide bonds. The third-order valence-electron chi connectivity index (χ3n) is 9.92. The number of benzene rings is 6. The molecule has 0 spiro atoms. The van der Waals surface area contributed by atoms with Crippen LogP contribution in [0.1, 0.15) is 56.1 Å². The number of ketones is 1. The molecule has 0 saturated heterocycles. The van der Waals surface area contributed by atoms with Crippen molar-refractivity contribution >= 4 is 16.8 Å². The molecule has 1 aliphatic heterocycles. The average Bonchev–Trinajstić information content (AvgIpc) is 3.64. The maximum absolute atomic E-state index is 15.6. The van der Waals surface area contributed by atoms with Gasteiger partial charge in [0.25, 0.3) is 0 Å². The Hall–Kier alpha value is -7.07. The van der Waals surface area contributed by atoms with Crippen molar-refractivity contribution < 1.29 is 49.7 Å². The zero-order valence-electron chi connectivity index (χ0n) is 27.0. The van der Waals surface area contributed by atoms with E-state index in [1.807, 2.05) is 0 Å². The van der Waals surface area contributed by atoms with Crippen molar-refractivity contribution in [2.45, 2.75) is 17.9 Å². The van der Waals surface area contributed by atoms with Gasteiger partial charge in [-0.1, -0.05) is 24.3 Å². The van der Waals surface area contributed by atoms with Crippen LogP contribution in [0.2, 0.25) is 0 Å². The molecular formula is C42H28O10. The van der Waals surface area contributed by atoms with E-state index in [9.17, 15) is 35.7 Å². The monoisotopic (exact) mass is 692 g/mol. The van der Waals surface area contributed by atoms with Crippen molar-refractivity contribution in [3.63, 3.8) is 0 Å². The largest absolute Gasteiger partial charge is 0.508 e. The van der Waals surface area contributed by atoms with E-state index >= 15 is 4.79 Å². The molecule has 52 heavy (non-hydrogen) atoms. The first kappa shape index (κ1) is 30.9. The van der Waals surface area contributed by atoms with Gasteiger partial charge in [-0.3, -0.25) is 4.79 Å². The lowest BCUT2D eigenvalue weighted by atomic mass is 9.78. The molecule has 0 unspecified atom stereocenters. The number of phenolic OH excluding ortho intramolecular Hbond substituents is 7. The van der Waals surface area contributed by atoms with E-state index < -0.39 is 23.7 Å². The highest BCUT2D eigenvalue weighted by Gasteiger charge is 2.46. The molecule has 1 aliphatic carbocycles. The van der Waals surface area contributed by atoms with Crippen LogP contribution >= 0.6 is 0 Å². The number of hydrogen-bond donors (Lipinski definition) is 7. The molecule has 0 radical (unpaired) electrons. The highest BCUT2D eigenvalue weighted by Crippen LogP contribution is 2.59. The number of phenols is 7. The number of carbonyl (C=O) groups excluding carboxylic acids is 1. The SMILES string of the molecule is O=C1c2c3c(cc4oc(-c5ccc(O)cc5)c(c24)-c2cc(O)cc(O)c2[C@@H]1c1ccc(O)cc1)O[C@H](c1ccc(O)cc1)[C@H]3c1cc(O)cc(O)c1. The summed E-state index contributed by atoms with van der Waals surface area (Å²) in [4.78, 5) is 15.6. The molecule has 10 heteroatoms. The van der Waals surface area contributed by atoms with Crippen LogP contribution in [0.25, 0.3) is 33.4 Å². The van der Waals surface area contributed by atoms with E-state index in [0.717, 1.165) is 0 Å². The highest BCUT2D eigenvalue weighted by molar-refractivity contribution is 6.22. The second kappa shape index (κ2) is 11.2. The summed E-state index contributed by atoms with van der Waals surface area (Å²) in [5.41, 5.74) is 3.87. The maximum atomic E-state index is 15.6. The quantitative estimate of drug-likeness (QED) is 0.0948. The van der Waals surface area contributed by atoms with Gasteiger partial charge in [0.1, 0.15) is 63.4 Å². The lowest BCUT2D eigenvalue weighted by molar-refractivity contribution is 0.0973. The third-order valence-corrected chi connectivity index (χ3v) is 9.92. The molecule has 7 N–H and O–H groups in total. The molecule has 10 nitrogen and oxygen atoms in total. The molecule has 3 atom stereocenters. The summed E-state index contributed by atoms with van der Waals surface area (Å²) >= 11 is 0. The van der Waals surface area contributed by atoms with Gasteiger partial charge in [-0.25, -0.2) is 0 Å². The normalized spacial score (nSPS) is 17.4. The first-order valence-electron chi connectivity index (χ1n) is 16.4. The van der Waals surface area contributed by atoms with Crippen LogP contribution in [0.5, 0.6) is 46.0 Å². The molecule has 6 aromatic carbocycles. The van der Waals surface area contributed by atoms with Crippen LogP contribution in [-0.2, 0) is 0 Å². The van der Waals surface area contributed by atoms with Crippen molar-refractivity contribution in [3.05, 3.63) is 143 Å². The van der Waals surface area contributed by atoms with Gasteiger partial charge in [0, 0.05) is 51.4 Å². The number of ether oxygens (including phenoxy) is 1. The van der Waals surface area contributed by atoms with Gasteiger partial charge in [-0.15, -0.1) is 0 Å². The zero-order chi connectivity index (χ0) is 36.0. The van der Waals surface area contributed by atoms with Crippen LogP contribution < -0.4 is 4.74 Å². The van der Waals surface area contributed by atoms with E-state index in [2.05, 4.69) is 0 Å². The van der Waals surface area contributed by atoms with Gasteiger partial charge in [0.2, 0.25) is 0 Å². The van der Waals surface area contributed by atoms with Crippen LogP contribution in [0, 0.1) is 0 Å². The Morgan fingerprint density at radius 2 is 1.10 bits per heavy atom. The topological polar surface area (TPSA) is 181 Å². The average molecular weight is 693 g/mol. The van der Waals surface area contributed by atoms with E-state index in [1.54, 1.807) is 42.5 Å². The number of Topliss-reactive ketones (excluding diaryl/α,β-unsaturated/α-hetero) is 1. The molecule has 0 saturated carbocycles. The summed E-state index contributed by atoms with van der Waals surface area (Å²) in [5.74, 6) is -2.80. The van der Waals surface area contributed by atoms with Gasteiger partial charge in [-0.2, -0.15) is 0 Å². The molecule has 9 rings (SSSR count). The van der Waals surface area contributed by atoms with E-state index in [-0.39, 0.29) is 57.0 Å². The van der Waals surface area contributed by atoms with Crippen molar-refractivity contribution in [1.29, 1.82) is 0 Å². The Morgan fingerprint density at radius 1 is 0.519 bits per heavy atom. The van der Waals surface area contributed by atoms with Crippen LogP contribution in [0.15, 0.2) is 114 Å². The predicted molar refractivity (Wildman–Crippen MR) is 189 cm³/mol. The summed E-state index contributed by atoms with van der Waals surface area (Å²) in [7, 11) is 0. The minimum absolute atomic E-state index is 0.0227. The fourth-order valence-electron chi connectivity index (χ4n) is 7.80. The fourth-order valence-corrected chi connectivity index (χ4v) is 7.80. The number of hydrogen-bond acceptors (Lipinski definition) is 10. The molecule has 0 bridgehead atoms. The number of aromatic hydroxyl groups is 7. The third kappa shape index (κ3) is 4.68. The Bertz CT molecular complexity index is 2570. The standard InChI is InChI=1S/C42H28O10/c43-23-7-1-19(2-8-23)33-35-29(16-28(48)17-30(35)49)36-38-32(52-42(36)21-5-11-25(45)12-6-21)18-31-37(39(38)40(33)50)34(22-13-26(46)15-27(47)14-22)41(51-31)20-3-9-24(44)10-4-20/h1-18,33-34,41,43-49H/t33-,34-,41+/m0/s1. The maximum Gasteiger partial charge on any atom is 0.176 e. The number of fused-ring (bicyclic) bond motifs is 4. The highest BCUT2D eigenvalue weighted by atomic mass is 16.5. The molecular weight excluding hydrogens is 664 g/mol. The van der Waals surface area contributed by atoms with Crippen LogP contribution in [-0.4, -0.2) is 41.5 Å². The smallest absolute Gasteiger partial charge is 0.176 e. The second-order valence-electron chi connectivity index (χ2n) is 13.1. The number of carbonyl (C=O) groups is 1. The zero-order valence-corrected chi connectivity index (χ0v) is 27.0. The lowest BCUT2D eigenvalue weighted by Crippen LogP contribution is -2.18. The van der Waals surface area contributed by atoms with Gasteiger partial charge in [0.15, 0.2) is 5.78 Å². The number of rotatable bonds is 4. The first-order chi connectivity index (χ1) is 25.0. The number of furan rings is 1. The fraction of sp³-hybridized carbons (Fsp3) is 0.0714. The summed E-state index contributed by atoms with van der Waals surface area (Å²) < 4.78 is 13.2. The van der Waals surface area contributed by atoms with E-state index in [1.165, 1.54) is 66.7 Å². The first-order valence-corrected chi connectivity index (χ1v) is 16.4. The summed E-state index contributed by atoms with van der Waals surface area (Å²) in [6, 6.07) is 27.3. The Balaban J connectivity index is 1.43. The Labute approximate surface area is 294 Å². The van der Waals surface area contributed by atoms with Gasteiger partial charge in [0.05, 0.1) is 11.8 Å². The van der Waals surface area contributed by atoms with Crippen molar-refractivity contribution in [2.75, 3.05) is 0 Å². The lowest BCUT2D eigenvalue weighted by Gasteiger charge is -2.23. The summed E-state index contributed by atoms with van der Waals surface area (Å²) in [6.07, 6.45) is -0.803. The predicted octanol–water partition coefficient (Wildman–Crippen LogP) is 8.30. The molecule has 7 aromatic rings. The molecule has 2 heterocycles. The van der Waals surface area contributed by atoms with Gasteiger partial charge < -0.3 is 44.9 Å². The van der Waals surface area contributed by atoms with Gasteiger partial charge in [-0.05, 0) is 89.0 Å². The van der Waals surface area contributed by atoms with E-state index in [4.69, 9.17) is 9.15 Å². The van der Waals surface area contributed by atoms with Crippen LogP contribution in [0.4, 0.5) is 0 Å². The second-order valence-corrected chi connectivity index (χ2v) is 13.1. The molecule has 2 aliphatic rings. The van der Waals surface area contributed by atoms with E-state index in [0.29, 0.717) is 55.8 Å². The Morgan fingerprint density at radius 3 is 1.73 bits per heavy atom. The molecule has 0 fully saturated rings. The van der Waals surface area contributed by atoms with Crippen LogP contribution in [0.3, 0.4) is 0 Å². The minimum atomic E-state index is -1.16. The Kier molecular flexibility index (Phi) is 6.68. The van der Waals surface area contributed by atoms with Crippen molar-refractivity contribution in [2.24, 2.45) is 0 Å². The summed E-state index contributed by atoms with van der Waals surface area (Å²) in [6.45, 7) is 0. The minimum Gasteiger partial charge on any atom is -0.508 e.